The molecule has 4 heteroatoms. The van der Waals surface area contributed by atoms with E-state index in [1.54, 1.807) is 11.3 Å². The van der Waals surface area contributed by atoms with Crippen molar-refractivity contribution in [2.45, 2.75) is 46.2 Å². The molecule has 0 amide bonds. The van der Waals surface area contributed by atoms with Crippen molar-refractivity contribution in [1.29, 1.82) is 0 Å². The summed E-state index contributed by atoms with van der Waals surface area (Å²) in [5.74, 6) is 0. The Morgan fingerprint density at radius 2 is 2.13 bits per heavy atom. The SMILES string of the molecule is CCc1nc(C)c(C(C)N[C@H](C)CO)s1. The first-order chi connectivity index (χ1) is 7.08. The summed E-state index contributed by atoms with van der Waals surface area (Å²) in [5, 5.41) is 13.5. The van der Waals surface area contributed by atoms with Crippen molar-refractivity contribution in [3.63, 3.8) is 0 Å². The largest absolute Gasteiger partial charge is 0.395 e. The zero-order chi connectivity index (χ0) is 11.4. The molecule has 0 saturated heterocycles. The Bertz CT molecular complexity index is 312. The van der Waals surface area contributed by atoms with Crippen LogP contribution in [0.2, 0.25) is 0 Å². The van der Waals surface area contributed by atoms with E-state index in [0.29, 0.717) is 0 Å². The lowest BCUT2D eigenvalue weighted by molar-refractivity contribution is 0.243. The Morgan fingerprint density at radius 3 is 2.60 bits per heavy atom. The van der Waals surface area contributed by atoms with Gasteiger partial charge in [0, 0.05) is 17.0 Å². The van der Waals surface area contributed by atoms with Crippen LogP contribution in [0.15, 0.2) is 0 Å². The molecule has 0 bridgehead atoms. The molecule has 0 aliphatic carbocycles. The fourth-order valence-corrected chi connectivity index (χ4v) is 2.59. The van der Waals surface area contributed by atoms with E-state index in [-0.39, 0.29) is 18.7 Å². The van der Waals surface area contributed by atoms with Gasteiger partial charge in [0.2, 0.25) is 0 Å². The molecular weight excluding hydrogens is 208 g/mol. The molecular formula is C11H20N2OS. The zero-order valence-electron chi connectivity index (χ0n) is 9.87. The number of nitrogens with zero attached hydrogens (tertiary/aromatic N) is 1. The highest BCUT2D eigenvalue weighted by Gasteiger charge is 2.15. The van der Waals surface area contributed by atoms with Crippen molar-refractivity contribution < 1.29 is 5.11 Å². The van der Waals surface area contributed by atoms with Crippen LogP contribution in [0.25, 0.3) is 0 Å². The Kier molecular flexibility index (Phi) is 4.70. The average molecular weight is 228 g/mol. The maximum Gasteiger partial charge on any atom is 0.0928 e. The van der Waals surface area contributed by atoms with Gasteiger partial charge in [-0.1, -0.05) is 6.92 Å². The van der Waals surface area contributed by atoms with Gasteiger partial charge in [0.25, 0.3) is 0 Å². The number of aliphatic hydroxyl groups is 1. The molecule has 1 heterocycles. The van der Waals surface area contributed by atoms with Gasteiger partial charge in [-0.25, -0.2) is 4.98 Å². The van der Waals surface area contributed by atoms with Gasteiger partial charge in [0.15, 0.2) is 0 Å². The molecule has 0 aromatic carbocycles. The fourth-order valence-electron chi connectivity index (χ4n) is 1.57. The third kappa shape index (κ3) is 3.26. The first kappa shape index (κ1) is 12.6. The number of rotatable bonds is 5. The van der Waals surface area contributed by atoms with E-state index in [9.17, 15) is 0 Å². The second-order valence-electron chi connectivity index (χ2n) is 3.88. The highest BCUT2D eigenvalue weighted by Crippen LogP contribution is 2.25. The number of hydrogen-bond donors (Lipinski definition) is 2. The predicted molar refractivity (Wildman–Crippen MR) is 64.3 cm³/mol. The summed E-state index contributed by atoms with van der Waals surface area (Å²) in [6.45, 7) is 8.44. The van der Waals surface area contributed by atoms with Crippen molar-refractivity contribution in [3.8, 4) is 0 Å². The summed E-state index contributed by atoms with van der Waals surface area (Å²) in [6.07, 6.45) is 0.994. The Morgan fingerprint density at radius 1 is 1.47 bits per heavy atom. The minimum atomic E-state index is 0.131. The second kappa shape index (κ2) is 5.58. The lowest BCUT2D eigenvalue weighted by atomic mass is 10.2. The summed E-state index contributed by atoms with van der Waals surface area (Å²) < 4.78 is 0. The molecule has 2 atom stereocenters. The quantitative estimate of drug-likeness (QED) is 0.810. The topological polar surface area (TPSA) is 45.2 Å². The third-order valence-electron chi connectivity index (χ3n) is 2.38. The molecule has 0 aliphatic heterocycles. The highest BCUT2D eigenvalue weighted by atomic mass is 32.1. The molecule has 0 spiro atoms. The maximum absolute atomic E-state index is 8.98. The van der Waals surface area contributed by atoms with Crippen LogP contribution in [0.3, 0.4) is 0 Å². The van der Waals surface area contributed by atoms with Crippen LogP contribution in [0.4, 0.5) is 0 Å². The molecule has 2 N–H and O–H groups in total. The van der Waals surface area contributed by atoms with Crippen molar-refractivity contribution >= 4 is 11.3 Å². The molecule has 0 aliphatic rings. The van der Waals surface area contributed by atoms with E-state index in [1.807, 2.05) is 13.8 Å². The number of aliphatic hydroxyl groups excluding tert-OH is 1. The van der Waals surface area contributed by atoms with Gasteiger partial charge >= 0.3 is 0 Å². The smallest absolute Gasteiger partial charge is 0.0928 e. The summed E-state index contributed by atoms with van der Waals surface area (Å²) in [6, 6.07) is 0.400. The third-order valence-corrected chi connectivity index (χ3v) is 3.87. The molecule has 3 nitrogen and oxygen atoms in total. The van der Waals surface area contributed by atoms with Crippen LogP contribution in [-0.4, -0.2) is 22.7 Å². The highest BCUT2D eigenvalue weighted by molar-refractivity contribution is 7.11. The first-order valence-electron chi connectivity index (χ1n) is 5.41. The van der Waals surface area contributed by atoms with Crippen LogP contribution in [0.5, 0.6) is 0 Å². The number of thiazole rings is 1. The van der Waals surface area contributed by atoms with E-state index in [1.165, 1.54) is 9.88 Å². The minimum absolute atomic E-state index is 0.131. The van der Waals surface area contributed by atoms with Gasteiger partial charge in [-0.15, -0.1) is 11.3 Å². The normalized spacial score (nSPS) is 15.3. The summed E-state index contributed by atoms with van der Waals surface area (Å²) in [5.41, 5.74) is 1.11. The van der Waals surface area contributed by atoms with Gasteiger partial charge in [-0.3, -0.25) is 0 Å². The molecule has 0 fully saturated rings. The molecule has 15 heavy (non-hydrogen) atoms. The molecule has 1 rings (SSSR count). The lowest BCUT2D eigenvalue weighted by Gasteiger charge is -2.17. The summed E-state index contributed by atoms with van der Waals surface area (Å²) >= 11 is 1.76. The second-order valence-corrected chi connectivity index (χ2v) is 5.00. The standard InChI is InChI=1S/C11H20N2OS/c1-5-10-13-9(4)11(15-10)8(3)12-7(2)6-14/h7-8,12,14H,5-6H2,1-4H3/t7-,8?/m1/s1. The van der Waals surface area contributed by atoms with Crippen molar-refractivity contribution in [3.05, 3.63) is 15.6 Å². The number of hydrogen-bond acceptors (Lipinski definition) is 4. The van der Waals surface area contributed by atoms with Crippen LogP contribution >= 0.6 is 11.3 Å². The van der Waals surface area contributed by atoms with E-state index in [2.05, 4.69) is 24.1 Å². The Hall–Kier alpha value is -0.450. The molecule has 1 unspecified atom stereocenters. The van der Waals surface area contributed by atoms with Crippen molar-refractivity contribution in [2.24, 2.45) is 0 Å². The van der Waals surface area contributed by atoms with E-state index in [0.717, 1.165) is 12.1 Å². The summed E-state index contributed by atoms with van der Waals surface area (Å²) in [4.78, 5) is 5.78. The van der Waals surface area contributed by atoms with Crippen LogP contribution < -0.4 is 5.32 Å². The molecule has 86 valence electrons. The Labute approximate surface area is 95.6 Å². The number of nitrogens with one attached hydrogen (secondary N) is 1. The van der Waals surface area contributed by atoms with Gasteiger partial charge in [-0.2, -0.15) is 0 Å². The monoisotopic (exact) mass is 228 g/mol. The fraction of sp³-hybridized carbons (Fsp3) is 0.727. The molecule has 1 aromatic heterocycles. The van der Waals surface area contributed by atoms with Gasteiger partial charge in [-0.05, 0) is 27.2 Å². The minimum Gasteiger partial charge on any atom is -0.395 e. The van der Waals surface area contributed by atoms with E-state index >= 15 is 0 Å². The van der Waals surface area contributed by atoms with E-state index in [4.69, 9.17) is 5.11 Å². The lowest BCUT2D eigenvalue weighted by Crippen LogP contribution is -2.31. The number of aryl methyl sites for hydroxylation is 2. The first-order valence-corrected chi connectivity index (χ1v) is 6.23. The van der Waals surface area contributed by atoms with Gasteiger partial charge in [0.05, 0.1) is 17.3 Å². The number of aromatic nitrogens is 1. The summed E-state index contributed by atoms with van der Waals surface area (Å²) in [7, 11) is 0. The van der Waals surface area contributed by atoms with Crippen LogP contribution in [-0.2, 0) is 6.42 Å². The van der Waals surface area contributed by atoms with Gasteiger partial charge < -0.3 is 10.4 Å². The van der Waals surface area contributed by atoms with E-state index < -0.39 is 0 Å². The Balaban J connectivity index is 2.72. The van der Waals surface area contributed by atoms with Crippen LogP contribution in [0.1, 0.15) is 42.4 Å². The van der Waals surface area contributed by atoms with Crippen molar-refractivity contribution in [2.75, 3.05) is 6.61 Å². The van der Waals surface area contributed by atoms with Crippen LogP contribution in [0, 0.1) is 6.92 Å². The van der Waals surface area contributed by atoms with Gasteiger partial charge in [0.1, 0.15) is 0 Å². The average Bonchev–Trinajstić information content (AvgIpc) is 2.59. The van der Waals surface area contributed by atoms with Crippen molar-refractivity contribution in [1.82, 2.24) is 10.3 Å². The molecule has 0 saturated carbocycles. The maximum atomic E-state index is 8.98. The predicted octanol–water partition coefficient (Wildman–Crippen LogP) is 2.05. The molecule has 1 aromatic rings. The molecule has 0 radical (unpaired) electrons. The zero-order valence-corrected chi connectivity index (χ0v) is 10.7.